The van der Waals surface area contributed by atoms with E-state index in [2.05, 4.69) is 73.2 Å². The largest absolute Gasteiger partial charge is 0.354 e. The molecule has 2 aromatic rings. The van der Waals surface area contributed by atoms with Crippen molar-refractivity contribution in [2.45, 2.75) is 45.6 Å². The van der Waals surface area contributed by atoms with Gasteiger partial charge < -0.3 is 9.80 Å². The Morgan fingerprint density at radius 2 is 2.00 bits per heavy atom. The van der Waals surface area contributed by atoms with Crippen LogP contribution in [0.15, 0.2) is 64.8 Å². The van der Waals surface area contributed by atoms with Gasteiger partial charge in [0.25, 0.3) is 0 Å². The topological polar surface area (TPSA) is 19.4 Å². The SMILES string of the molecule is CC1=C(/C=C(\C)Cl)C(c2ccccc2-c2ccc(N3CCC[C@H]3C)nc2)CN(C)C1. The van der Waals surface area contributed by atoms with Crippen molar-refractivity contribution in [3.05, 3.63) is 70.4 Å². The van der Waals surface area contributed by atoms with Gasteiger partial charge in [-0.05, 0) is 75.6 Å². The Kier molecular flexibility index (Phi) is 6.31. The molecule has 0 radical (unpaired) electrons. The van der Waals surface area contributed by atoms with Crippen LogP contribution in [0.1, 0.15) is 45.1 Å². The minimum Gasteiger partial charge on any atom is -0.354 e. The molecular weight excluding hydrogens is 390 g/mol. The Hall–Kier alpha value is -2.10. The zero-order valence-electron chi connectivity index (χ0n) is 18.5. The van der Waals surface area contributed by atoms with Crippen LogP contribution in [0.25, 0.3) is 11.1 Å². The van der Waals surface area contributed by atoms with Crippen LogP contribution in [0.5, 0.6) is 0 Å². The molecule has 3 nitrogen and oxygen atoms in total. The molecule has 0 amide bonds. The zero-order chi connectivity index (χ0) is 21.3. The Balaban J connectivity index is 1.72. The number of halogens is 1. The first-order chi connectivity index (χ1) is 14.4. The molecule has 1 unspecified atom stereocenters. The number of nitrogens with zero attached hydrogens (tertiary/aromatic N) is 3. The standard InChI is InChI=1S/C26H32ClN3/c1-18-16-29(4)17-25(24(18)14-19(2)27)23-10-6-5-9-22(23)21-11-12-26(28-15-21)30-13-7-8-20(30)3/h5-6,9-12,14-15,20,25H,7-8,13,16-17H2,1-4H3/b19-14+/t20-,25?/m1/s1. The summed E-state index contributed by atoms with van der Waals surface area (Å²) in [6.45, 7) is 9.56. The first-order valence-electron chi connectivity index (χ1n) is 11.0. The summed E-state index contributed by atoms with van der Waals surface area (Å²) in [4.78, 5) is 9.66. The van der Waals surface area contributed by atoms with E-state index < -0.39 is 0 Å². The molecule has 1 fully saturated rings. The summed E-state index contributed by atoms with van der Waals surface area (Å²) in [5.41, 5.74) is 6.52. The molecule has 0 aliphatic carbocycles. The summed E-state index contributed by atoms with van der Waals surface area (Å²) in [6, 6.07) is 13.8. The molecular formula is C26H32ClN3. The summed E-state index contributed by atoms with van der Waals surface area (Å²) in [7, 11) is 2.20. The van der Waals surface area contributed by atoms with Crippen molar-refractivity contribution in [3.63, 3.8) is 0 Å². The van der Waals surface area contributed by atoms with Gasteiger partial charge in [0, 0.05) is 48.4 Å². The third-order valence-electron chi connectivity index (χ3n) is 6.47. The van der Waals surface area contributed by atoms with Crippen LogP contribution in [0.3, 0.4) is 0 Å². The van der Waals surface area contributed by atoms with Gasteiger partial charge in [-0.15, -0.1) is 0 Å². The van der Waals surface area contributed by atoms with Crippen LogP contribution in [0.4, 0.5) is 5.82 Å². The number of hydrogen-bond acceptors (Lipinski definition) is 3. The highest BCUT2D eigenvalue weighted by molar-refractivity contribution is 6.29. The minimum atomic E-state index is 0.298. The number of likely N-dealkylation sites (N-methyl/N-ethyl adjacent to an activating group) is 1. The molecule has 158 valence electrons. The lowest BCUT2D eigenvalue weighted by Crippen LogP contribution is -2.32. The average molecular weight is 422 g/mol. The molecule has 0 saturated carbocycles. The number of aromatic nitrogens is 1. The molecule has 3 heterocycles. The van der Waals surface area contributed by atoms with Crippen molar-refractivity contribution in [3.8, 4) is 11.1 Å². The summed E-state index contributed by atoms with van der Waals surface area (Å²) >= 11 is 6.31. The van der Waals surface area contributed by atoms with Crippen molar-refractivity contribution < 1.29 is 0 Å². The molecule has 1 aromatic carbocycles. The van der Waals surface area contributed by atoms with Gasteiger partial charge in [0.1, 0.15) is 5.82 Å². The molecule has 2 atom stereocenters. The summed E-state index contributed by atoms with van der Waals surface area (Å²) in [6.07, 6.45) is 6.71. The van der Waals surface area contributed by atoms with Crippen molar-refractivity contribution in [1.29, 1.82) is 0 Å². The summed E-state index contributed by atoms with van der Waals surface area (Å²) in [5.74, 6) is 1.39. The van der Waals surface area contributed by atoms with Crippen LogP contribution in [0, 0.1) is 0 Å². The number of allylic oxidation sites excluding steroid dienone is 2. The van der Waals surface area contributed by atoms with Crippen molar-refractivity contribution in [2.24, 2.45) is 0 Å². The predicted molar refractivity (Wildman–Crippen MR) is 128 cm³/mol. The molecule has 1 saturated heterocycles. The van der Waals surface area contributed by atoms with E-state index in [4.69, 9.17) is 16.6 Å². The molecule has 0 N–H and O–H groups in total. The number of hydrogen-bond donors (Lipinski definition) is 0. The second kappa shape index (κ2) is 8.95. The van der Waals surface area contributed by atoms with Gasteiger partial charge >= 0.3 is 0 Å². The summed E-state index contributed by atoms with van der Waals surface area (Å²) in [5, 5.41) is 0.835. The maximum Gasteiger partial charge on any atom is 0.128 e. The van der Waals surface area contributed by atoms with Gasteiger partial charge in [0.05, 0.1) is 0 Å². The predicted octanol–water partition coefficient (Wildman–Crippen LogP) is 6.23. The van der Waals surface area contributed by atoms with E-state index in [-0.39, 0.29) is 0 Å². The normalized spacial score (nSPS) is 23.4. The molecule has 4 rings (SSSR count). The maximum atomic E-state index is 6.31. The highest BCUT2D eigenvalue weighted by Crippen LogP contribution is 2.38. The van der Waals surface area contributed by atoms with Crippen LogP contribution >= 0.6 is 11.6 Å². The van der Waals surface area contributed by atoms with Crippen LogP contribution in [-0.2, 0) is 0 Å². The van der Waals surface area contributed by atoms with Gasteiger partial charge in [-0.1, -0.05) is 41.4 Å². The molecule has 2 aliphatic rings. The van der Waals surface area contributed by atoms with Gasteiger partial charge in [-0.3, -0.25) is 0 Å². The third kappa shape index (κ3) is 4.33. The van der Waals surface area contributed by atoms with E-state index in [1.807, 2.05) is 13.1 Å². The van der Waals surface area contributed by atoms with Crippen molar-refractivity contribution in [2.75, 3.05) is 31.6 Å². The third-order valence-corrected chi connectivity index (χ3v) is 6.58. The number of pyridine rings is 1. The highest BCUT2D eigenvalue weighted by Gasteiger charge is 2.27. The van der Waals surface area contributed by atoms with Crippen LogP contribution in [-0.4, -0.2) is 42.6 Å². The van der Waals surface area contributed by atoms with E-state index in [1.165, 1.54) is 40.7 Å². The van der Waals surface area contributed by atoms with Crippen molar-refractivity contribution >= 4 is 17.4 Å². The van der Waals surface area contributed by atoms with Gasteiger partial charge in [-0.25, -0.2) is 4.98 Å². The Bertz CT molecular complexity index is 956. The van der Waals surface area contributed by atoms with Crippen LogP contribution in [0.2, 0.25) is 0 Å². The van der Waals surface area contributed by atoms with Gasteiger partial charge in [0.15, 0.2) is 0 Å². The molecule has 1 aromatic heterocycles. The number of anilines is 1. The first kappa shape index (κ1) is 21.1. The Morgan fingerprint density at radius 1 is 1.20 bits per heavy atom. The number of rotatable bonds is 4. The van der Waals surface area contributed by atoms with E-state index in [0.29, 0.717) is 12.0 Å². The lowest BCUT2D eigenvalue weighted by molar-refractivity contribution is 0.329. The Morgan fingerprint density at radius 3 is 2.67 bits per heavy atom. The fourth-order valence-corrected chi connectivity index (χ4v) is 5.14. The van der Waals surface area contributed by atoms with E-state index in [1.54, 1.807) is 0 Å². The molecule has 2 aliphatic heterocycles. The fourth-order valence-electron chi connectivity index (χ4n) is 5.02. The average Bonchev–Trinajstić information content (AvgIpc) is 3.15. The van der Waals surface area contributed by atoms with E-state index >= 15 is 0 Å². The first-order valence-corrected chi connectivity index (χ1v) is 11.4. The fraction of sp³-hybridized carbons (Fsp3) is 0.423. The molecule has 0 spiro atoms. The molecule has 0 bridgehead atoms. The van der Waals surface area contributed by atoms with Gasteiger partial charge in [-0.2, -0.15) is 0 Å². The molecule has 30 heavy (non-hydrogen) atoms. The molecule has 4 heteroatoms. The smallest absolute Gasteiger partial charge is 0.128 e. The lowest BCUT2D eigenvalue weighted by atomic mass is 9.81. The quantitative estimate of drug-likeness (QED) is 0.583. The second-order valence-electron chi connectivity index (χ2n) is 8.89. The van der Waals surface area contributed by atoms with E-state index in [9.17, 15) is 0 Å². The van der Waals surface area contributed by atoms with Crippen LogP contribution < -0.4 is 4.90 Å². The summed E-state index contributed by atoms with van der Waals surface area (Å²) < 4.78 is 0. The number of benzene rings is 1. The lowest BCUT2D eigenvalue weighted by Gasteiger charge is -2.34. The minimum absolute atomic E-state index is 0.298. The van der Waals surface area contributed by atoms with E-state index in [0.717, 1.165) is 30.5 Å². The monoisotopic (exact) mass is 421 g/mol. The second-order valence-corrected chi connectivity index (χ2v) is 9.49. The van der Waals surface area contributed by atoms with Gasteiger partial charge in [0.2, 0.25) is 0 Å². The maximum absolute atomic E-state index is 6.31. The highest BCUT2D eigenvalue weighted by atomic mass is 35.5. The zero-order valence-corrected chi connectivity index (χ0v) is 19.3. The Labute approximate surface area is 186 Å². The van der Waals surface area contributed by atoms with Crippen molar-refractivity contribution in [1.82, 2.24) is 9.88 Å².